The van der Waals surface area contributed by atoms with Crippen LogP contribution in [0.3, 0.4) is 0 Å². The van der Waals surface area contributed by atoms with Gasteiger partial charge in [0.1, 0.15) is 11.2 Å². The van der Waals surface area contributed by atoms with E-state index in [1.807, 2.05) is 0 Å². The minimum absolute atomic E-state index is 0.0219. The SMILES string of the molecule is CC(C)(C)c1cc(-c2cc(-c3ccccc3)cc(-c3nc(-c4ccccc4)c4c(ccc5ccccc54)n3)c2)c2oc3c(C(C)(C)C)cc(C(C)(C)C)cc3c2c1. The number of furan rings is 1. The number of hydrogen-bond acceptors (Lipinski definition) is 3. The molecule has 0 saturated carbocycles. The molecule has 0 atom stereocenters. The van der Waals surface area contributed by atoms with Crippen LogP contribution in [0.15, 0.2) is 144 Å². The molecule has 0 spiro atoms. The number of hydrogen-bond donors (Lipinski definition) is 0. The smallest absolute Gasteiger partial charge is 0.160 e. The van der Waals surface area contributed by atoms with Crippen LogP contribution in [0.5, 0.6) is 0 Å². The fraction of sp³-hybridized carbons (Fsp3) is 0.222. The Morgan fingerprint density at radius 2 is 1.00 bits per heavy atom. The van der Waals surface area contributed by atoms with Gasteiger partial charge in [0, 0.05) is 38.4 Å². The average Bonchev–Trinajstić information content (AvgIpc) is 3.57. The molecule has 7 aromatic carbocycles. The summed E-state index contributed by atoms with van der Waals surface area (Å²) >= 11 is 0. The molecule has 3 heteroatoms. The predicted molar refractivity (Wildman–Crippen MR) is 242 cm³/mol. The van der Waals surface area contributed by atoms with Crippen LogP contribution < -0.4 is 0 Å². The molecule has 0 fully saturated rings. The van der Waals surface area contributed by atoms with Crippen LogP contribution in [0.4, 0.5) is 0 Å². The summed E-state index contributed by atoms with van der Waals surface area (Å²) in [4.78, 5) is 10.8. The Kier molecular flexibility index (Phi) is 8.51. The standard InChI is InChI=1S/C54H50N2O/c1-52(2,3)39-29-42(49-43(30-39)44-31-40(53(4,5)6)32-45(50(44)57-49)54(7,8)9)37-26-36(33-18-12-10-13-19-33)27-38(28-37)51-55-46-25-24-34-20-16-17-23-41(34)47(46)48(56-51)35-21-14-11-15-22-35/h10-32H,1-9H3. The Bertz CT molecular complexity index is 2990. The molecule has 57 heavy (non-hydrogen) atoms. The molecule has 3 nitrogen and oxygen atoms in total. The fourth-order valence-corrected chi connectivity index (χ4v) is 8.16. The molecule has 0 N–H and O–H groups in total. The van der Waals surface area contributed by atoms with Crippen LogP contribution in [-0.4, -0.2) is 9.97 Å². The van der Waals surface area contributed by atoms with Crippen molar-refractivity contribution >= 4 is 43.6 Å². The molecule has 9 aromatic rings. The molecule has 0 bridgehead atoms. The number of nitrogens with zero attached hydrogens (tertiary/aromatic N) is 2. The third-order valence-electron chi connectivity index (χ3n) is 11.5. The average molecular weight is 743 g/mol. The summed E-state index contributed by atoms with van der Waals surface area (Å²) in [5, 5.41) is 5.70. The van der Waals surface area contributed by atoms with Crippen molar-refractivity contribution in [2.45, 2.75) is 78.6 Å². The molecule has 0 aliphatic heterocycles. The number of rotatable bonds is 4. The van der Waals surface area contributed by atoms with Crippen LogP contribution in [0.25, 0.3) is 88.5 Å². The van der Waals surface area contributed by atoms with Crippen LogP contribution in [0, 0.1) is 0 Å². The van der Waals surface area contributed by atoms with Gasteiger partial charge in [-0.1, -0.05) is 159 Å². The molecule has 2 heterocycles. The highest BCUT2D eigenvalue weighted by Crippen LogP contribution is 2.46. The van der Waals surface area contributed by atoms with Crippen LogP contribution in [-0.2, 0) is 16.2 Å². The summed E-state index contributed by atoms with van der Waals surface area (Å²) in [5.74, 6) is 0.688. The van der Waals surface area contributed by atoms with Crippen LogP contribution >= 0.6 is 0 Å². The van der Waals surface area contributed by atoms with Gasteiger partial charge in [0.25, 0.3) is 0 Å². The zero-order valence-electron chi connectivity index (χ0n) is 34.6. The second kappa shape index (κ2) is 13.3. The minimum Gasteiger partial charge on any atom is -0.455 e. The van der Waals surface area contributed by atoms with Crippen molar-refractivity contribution in [1.29, 1.82) is 0 Å². The molecule has 0 unspecified atom stereocenters. The molecule has 0 radical (unpaired) electrons. The van der Waals surface area contributed by atoms with E-state index in [1.54, 1.807) is 0 Å². The topological polar surface area (TPSA) is 38.9 Å². The first-order valence-corrected chi connectivity index (χ1v) is 20.2. The third-order valence-corrected chi connectivity index (χ3v) is 11.5. The van der Waals surface area contributed by atoms with E-state index in [2.05, 4.69) is 202 Å². The maximum Gasteiger partial charge on any atom is 0.160 e. The highest BCUT2D eigenvalue weighted by molar-refractivity contribution is 6.13. The minimum atomic E-state index is -0.115. The third kappa shape index (κ3) is 6.59. The molecular weight excluding hydrogens is 693 g/mol. The van der Waals surface area contributed by atoms with Gasteiger partial charge in [-0.3, -0.25) is 0 Å². The van der Waals surface area contributed by atoms with E-state index < -0.39 is 0 Å². The van der Waals surface area contributed by atoms with E-state index in [9.17, 15) is 0 Å². The first kappa shape index (κ1) is 36.6. The Balaban J connectivity index is 1.37. The van der Waals surface area contributed by atoms with E-state index in [0.717, 1.165) is 71.9 Å². The van der Waals surface area contributed by atoms with Gasteiger partial charge in [-0.2, -0.15) is 0 Å². The van der Waals surface area contributed by atoms with Crippen molar-refractivity contribution in [2.24, 2.45) is 0 Å². The Morgan fingerprint density at radius 3 is 1.67 bits per heavy atom. The van der Waals surface area contributed by atoms with Crippen molar-refractivity contribution in [2.75, 3.05) is 0 Å². The van der Waals surface area contributed by atoms with Gasteiger partial charge >= 0.3 is 0 Å². The second-order valence-electron chi connectivity index (χ2n) is 18.8. The van der Waals surface area contributed by atoms with Gasteiger partial charge < -0.3 is 4.42 Å². The predicted octanol–water partition coefficient (Wildman–Crippen LogP) is 15.2. The molecule has 282 valence electrons. The maximum atomic E-state index is 7.17. The Labute approximate surface area is 336 Å². The summed E-state index contributed by atoms with van der Waals surface area (Å²) in [6.07, 6.45) is 0. The van der Waals surface area contributed by atoms with Gasteiger partial charge in [-0.05, 0) is 97.3 Å². The summed E-state index contributed by atoms with van der Waals surface area (Å²) in [7, 11) is 0. The molecule has 0 aliphatic carbocycles. The van der Waals surface area contributed by atoms with Crippen molar-refractivity contribution in [3.05, 3.63) is 156 Å². The van der Waals surface area contributed by atoms with Gasteiger partial charge in [-0.15, -0.1) is 0 Å². The first-order chi connectivity index (χ1) is 27.1. The highest BCUT2D eigenvalue weighted by Gasteiger charge is 2.28. The lowest BCUT2D eigenvalue weighted by Crippen LogP contribution is -2.16. The molecule has 9 rings (SSSR count). The van der Waals surface area contributed by atoms with E-state index in [0.29, 0.717) is 5.82 Å². The van der Waals surface area contributed by atoms with Crippen molar-refractivity contribution in [3.63, 3.8) is 0 Å². The quantitative estimate of drug-likeness (QED) is 0.169. The van der Waals surface area contributed by atoms with Gasteiger partial charge in [0.05, 0.1) is 11.2 Å². The van der Waals surface area contributed by atoms with Crippen molar-refractivity contribution < 1.29 is 4.42 Å². The largest absolute Gasteiger partial charge is 0.455 e. The normalized spacial score (nSPS) is 12.6. The monoisotopic (exact) mass is 742 g/mol. The highest BCUT2D eigenvalue weighted by atomic mass is 16.3. The zero-order valence-corrected chi connectivity index (χ0v) is 34.6. The lowest BCUT2D eigenvalue weighted by atomic mass is 9.79. The zero-order chi connectivity index (χ0) is 39.9. The Hall–Kier alpha value is -6.06. The van der Waals surface area contributed by atoms with Gasteiger partial charge in [0.15, 0.2) is 5.82 Å². The first-order valence-electron chi connectivity index (χ1n) is 20.2. The van der Waals surface area contributed by atoms with E-state index in [-0.39, 0.29) is 16.2 Å². The van der Waals surface area contributed by atoms with E-state index in [4.69, 9.17) is 14.4 Å². The molecule has 0 amide bonds. The van der Waals surface area contributed by atoms with Gasteiger partial charge in [-0.25, -0.2) is 9.97 Å². The lowest BCUT2D eigenvalue weighted by Gasteiger charge is -2.25. The molecule has 2 aromatic heterocycles. The second-order valence-corrected chi connectivity index (χ2v) is 18.8. The van der Waals surface area contributed by atoms with Gasteiger partial charge in [0.2, 0.25) is 0 Å². The van der Waals surface area contributed by atoms with Crippen LogP contribution in [0.1, 0.15) is 79.0 Å². The van der Waals surface area contributed by atoms with E-state index in [1.165, 1.54) is 27.5 Å². The number of aromatic nitrogens is 2. The molecule has 0 saturated heterocycles. The fourth-order valence-electron chi connectivity index (χ4n) is 8.16. The summed E-state index contributed by atoms with van der Waals surface area (Å²) in [6.45, 7) is 20.6. The van der Waals surface area contributed by atoms with E-state index >= 15 is 0 Å². The maximum absolute atomic E-state index is 7.17. The summed E-state index contributed by atoms with van der Waals surface area (Å²) in [6, 6.07) is 50.2. The van der Waals surface area contributed by atoms with Crippen molar-refractivity contribution in [3.8, 4) is 44.9 Å². The molecule has 0 aliphatic rings. The van der Waals surface area contributed by atoms with Crippen LogP contribution in [0.2, 0.25) is 0 Å². The number of fused-ring (bicyclic) bond motifs is 6. The summed E-state index contributed by atoms with van der Waals surface area (Å²) < 4.78 is 7.17. The Morgan fingerprint density at radius 1 is 0.421 bits per heavy atom. The lowest BCUT2D eigenvalue weighted by molar-refractivity contribution is 0.559. The summed E-state index contributed by atoms with van der Waals surface area (Å²) in [5.41, 5.74) is 13.7. The number of benzene rings is 7. The van der Waals surface area contributed by atoms with Crippen molar-refractivity contribution in [1.82, 2.24) is 9.97 Å². The molecular formula is C54H50N2O.